The molecular formula is C22H23N3O3. The molecule has 0 spiro atoms. The molecule has 1 amide bonds. The van der Waals surface area contributed by atoms with Gasteiger partial charge in [-0.05, 0) is 41.8 Å². The third-order valence-electron chi connectivity index (χ3n) is 5.12. The molecule has 0 saturated carbocycles. The van der Waals surface area contributed by atoms with Gasteiger partial charge in [-0.15, -0.1) is 0 Å². The lowest BCUT2D eigenvalue weighted by Gasteiger charge is -2.17. The number of nitrogens with zero attached hydrogens (tertiary/aromatic N) is 3. The molecule has 28 heavy (non-hydrogen) atoms. The van der Waals surface area contributed by atoms with Gasteiger partial charge in [-0.3, -0.25) is 4.79 Å². The van der Waals surface area contributed by atoms with Crippen LogP contribution in [0.5, 0.6) is 5.75 Å². The van der Waals surface area contributed by atoms with Crippen molar-refractivity contribution in [1.29, 1.82) is 0 Å². The van der Waals surface area contributed by atoms with E-state index in [0.29, 0.717) is 30.6 Å². The Labute approximate surface area is 164 Å². The van der Waals surface area contributed by atoms with E-state index < -0.39 is 0 Å². The maximum atomic E-state index is 12.6. The Balaban J connectivity index is 1.52. The van der Waals surface area contributed by atoms with E-state index in [1.165, 1.54) is 5.56 Å². The third-order valence-corrected chi connectivity index (χ3v) is 5.12. The van der Waals surface area contributed by atoms with Crippen LogP contribution in [0.2, 0.25) is 0 Å². The molecule has 0 bridgehead atoms. The highest BCUT2D eigenvalue weighted by Gasteiger charge is 2.34. The van der Waals surface area contributed by atoms with E-state index in [9.17, 15) is 4.79 Å². The fourth-order valence-corrected chi connectivity index (χ4v) is 3.44. The fraction of sp³-hybridized carbons (Fsp3) is 0.318. The zero-order valence-corrected chi connectivity index (χ0v) is 16.3. The molecule has 0 aliphatic carbocycles. The molecule has 6 heteroatoms. The molecule has 0 N–H and O–H groups in total. The second kappa shape index (κ2) is 7.46. The predicted molar refractivity (Wildman–Crippen MR) is 107 cm³/mol. The Morgan fingerprint density at radius 2 is 1.96 bits per heavy atom. The zero-order chi connectivity index (χ0) is 19.7. The summed E-state index contributed by atoms with van der Waals surface area (Å²) in [5.74, 6) is 2.18. The summed E-state index contributed by atoms with van der Waals surface area (Å²) in [5.41, 5.74) is 2.96. The molecule has 6 nitrogen and oxygen atoms in total. The van der Waals surface area contributed by atoms with Gasteiger partial charge in [0.25, 0.3) is 5.89 Å². The second-order valence-electron chi connectivity index (χ2n) is 7.34. The molecule has 2 heterocycles. The molecule has 1 unspecified atom stereocenters. The number of hydrogen-bond donors (Lipinski definition) is 0. The van der Waals surface area contributed by atoms with E-state index in [2.05, 4.69) is 36.1 Å². The van der Waals surface area contributed by atoms with Crippen LogP contribution in [0.25, 0.3) is 11.5 Å². The van der Waals surface area contributed by atoms with Crippen molar-refractivity contribution in [2.75, 3.05) is 18.6 Å². The molecule has 2 aromatic carbocycles. The lowest BCUT2D eigenvalue weighted by molar-refractivity contribution is -0.117. The van der Waals surface area contributed by atoms with Gasteiger partial charge in [0.2, 0.25) is 5.91 Å². The smallest absolute Gasteiger partial charge is 0.258 e. The van der Waals surface area contributed by atoms with Crippen molar-refractivity contribution in [3.8, 4) is 17.2 Å². The zero-order valence-electron chi connectivity index (χ0n) is 16.3. The minimum absolute atomic E-state index is 0.0787. The van der Waals surface area contributed by atoms with E-state index in [-0.39, 0.29) is 11.8 Å². The number of ether oxygens (including phenoxy) is 1. The van der Waals surface area contributed by atoms with Gasteiger partial charge in [0.15, 0.2) is 5.82 Å². The number of anilines is 1. The number of hydrogen-bond acceptors (Lipinski definition) is 5. The molecule has 1 saturated heterocycles. The van der Waals surface area contributed by atoms with Crippen molar-refractivity contribution in [2.45, 2.75) is 32.1 Å². The minimum atomic E-state index is -0.0830. The monoisotopic (exact) mass is 377 g/mol. The lowest BCUT2D eigenvalue weighted by Crippen LogP contribution is -2.24. The van der Waals surface area contributed by atoms with Gasteiger partial charge >= 0.3 is 0 Å². The summed E-state index contributed by atoms with van der Waals surface area (Å²) >= 11 is 0. The first-order valence-electron chi connectivity index (χ1n) is 9.43. The fourth-order valence-electron chi connectivity index (χ4n) is 3.44. The highest BCUT2D eigenvalue weighted by Crippen LogP contribution is 2.32. The van der Waals surface area contributed by atoms with E-state index in [1.807, 2.05) is 36.4 Å². The molecule has 1 aliphatic heterocycles. The summed E-state index contributed by atoms with van der Waals surface area (Å²) in [4.78, 5) is 18.9. The minimum Gasteiger partial charge on any atom is -0.497 e. The van der Waals surface area contributed by atoms with E-state index >= 15 is 0 Å². The van der Waals surface area contributed by atoms with Gasteiger partial charge in [0, 0.05) is 30.1 Å². The molecular weight excluding hydrogens is 354 g/mol. The molecule has 1 aromatic heterocycles. The standard InChI is InChI=1S/C22H23N3O3/c1-14(2)15-7-9-18(10-8-15)25-13-17(12-20(25)26)21-23-22(28-24-21)16-5-4-6-19(11-16)27-3/h4-11,14,17H,12-13H2,1-3H3. The van der Waals surface area contributed by atoms with Gasteiger partial charge in [0.1, 0.15) is 5.75 Å². The summed E-state index contributed by atoms with van der Waals surface area (Å²) in [7, 11) is 1.62. The van der Waals surface area contributed by atoms with Crippen LogP contribution >= 0.6 is 0 Å². The van der Waals surface area contributed by atoms with Crippen molar-refractivity contribution in [3.63, 3.8) is 0 Å². The summed E-state index contributed by atoms with van der Waals surface area (Å²) in [6.45, 7) is 4.86. The van der Waals surface area contributed by atoms with Gasteiger partial charge in [0.05, 0.1) is 7.11 Å². The number of amides is 1. The first-order valence-corrected chi connectivity index (χ1v) is 9.43. The van der Waals surface area contributed by atoms with Crippen LogP contribution < -0.4 is 9.64 Å². The summed E-state index contributed by atoms with van der Waals surface area (Å²) in [5, 5.41) is 4.12. The normalized spacial score (nSPS) is 16.8. The molecule has 0 radical (unpaired) electrons. The van der Waals surface area contributed by atoms with Crippen LogP contribution in [0.4, 0.5) is 5.69 Å². The highest BCUT2D eigenvalue weighted by molar-refractivity contribution is 5.96. The Morgan fingerprint density at radius 1 is 1.18 bits per heavy atom. The van der Waals surface area contributed by atoms with Crippen LogP contribution in [0, 0.1) is 0 Å². The summed E-state index contributed by atoms with van der Waals surface area (Å²) in [6, 6.07) is 15.6. The van der Waals surface area contributed by atoms with Gasteiger partial charge in [-0.25, -0.2) is 0 Å². The Hall–Kier alpha value is -3.15. The molecule has 4 rings (SSSR count). The van der Waals surface area contributed by atoms with Crippen molar-refractivity contribution in [1.82, 2.24) is 10.1 Å². The quantitative estimate of drug-likeness (QED) is 0.660. The average Bonchev–Trinajstić information content (AvgIpc) is 3.35. The average molecular weight is 377 g/mol. The predicted octanol–water partition coefficient (Wildman–Crippen LogP) is 4.39. The first kappa shape index (κ1) is 18.2. The lowest BCUT2D eigenvalue weighted by atomic mass is 10.0. The van der Waals surface area contributed by atoms with Crippen molar-refractivity contribution in [3.05, 3.63) is 59.9 Å². The Kier molecular flexibility index (Phi) is 4.86. The summed E-state index contributed by atoms with van der Waals surface area (Å²) < 4.78 is 10.7. The molecule has 144 valence electrons. The second-order valence-corrected chi connectivity index (χ2v) is 7.34. The van der Waals surface area contributed by atoms with Crippen LogP contribution in [-0.2, 0) is 4.79 Å². The number of methoxy groups -OCH3 is 1. The maximum absolute atomic E-state index is 12.6. The van der Waals surface area contributed by atoms with E-state index in [4.69, 9.17) is 9.26 Å². The van der Waals surface area contributed by atoms with Crippen molar-refractivity contribution < 1.29 is 14.1 Å². The number of rotatable bonds is 5. The molecule has 3 aromatic rings. The van der Waals surface area contributed by atoms with Crippen LogP contribution in [-0.4, -0.2) is 29.7 Å². The number of aromatic nitrogens is 2. The third kappa shape index (κ3) is 3.50. The highest BCUT2D eigenvalue weighted by atomic mass is 16.5. The number of carbonyl (C=O) groups is 1. The SMILES string of the molecule is COc1cccc(-c2nc(C3CC(=O)N(c4ccc(C(C)C)cc4)C3)no2)c1. The van der Waals surface area contributed by atoms with Gasteiger partial charge in [-0.1, -0.05) is 37.2 Å². The topological polar surface area (TPSA) is 68.5 Å². The van der Waals surface area contributed by atoms with Crippen LogP contribution in [0.1, 0.15) is 43.5 Å². The van der Waals surface area contributed by atoms with Crippen LogP contribution in [0.15, 0.2) is 53.1 Å². The first-order chi connectivity index (χ1) is 13.5. The number of benzene rings is 2. The molecule has 1 fully saturated rings. The van der Waals surface area contributed by atoms with E-state index in [1.54, 1.807) is 12.0 Å². The van der Waals surface area contributed by atoms with Crippen molar-refractivity contribution >= 4 is 11.6 Å². The molecule has 1 atom stereocenters. The van der Waals surface area contributed by atoms with Crippen molar-refractivity contribution in [2.24, 2.45) is 0 Å². The summed E-state index contributed by atoms with van der Waals surface area (Å²) in [6.07, 6.45) is 0.378. The van der Waals surface area contributed by atoms with Gasteiger partial charge < -0.3 is 14.2 Å². The van der Waals surface area contributed by atoms with Gasteiger partial charge in [-0.2, -0.15) is 4.98 Å². The maximum Gasteiger partial charge on any atom is 0.258 e. The Bertz CT molecular complexity index is 979. The van der Waals surface area contributed by atoms with E-state index in [0.717, 1.165) is 17.0 Å². The van der Waals surface area contributed by atoms with Crippen LogP contribution in [0.3, 0.4) is 0 Å². The molecule has 1 aliphatic rings. The number of carbonyl (C=O) groups excluding carboxylic acids is 1. The Morgan fingerprint density at radius 3 is 2.68 bits per heavy atom. The largest absolute Gasteiger partial charge is 0.497 e.